The molecule has 6 nitrogen and oxygen atoms in total. The second kappa shape index (κ2) is 12.7. The standard InChI is InChI=1S/C29H35ClFN3O3/c1-37-22-8-9-26-23(18-22)28(24(30)20-33-26)25(31)10-11-29(19-27(35)36)12-16-34(17-13-29)15-5-3-7-21-6-2-4-14-32-21/h2,4,6,8-9,14,18,20,25H,3,5,7,10-13,15-17,19H2,1H3,(H,35,36)/t25-/m1/s1. The molecule has 8 heteroatoms. The zero-order valence-corrected chi connectivity index (χ0v) is 22.1. The number of fused-ring (bicyclic) bond motifs is 1. The van der Waals surface area contributed by atoms with Crippen molar-refractivity contribution in [1.82, 2.24) is 14.9 Å². The van der Waals surface area contributed by atoms with Crippen LogP contribution in [0.2, 0.25) is 5.02 Å². The van der Waals surface area contributed by atoms with Crippen molar-refractivity contribution < 1.29 is 19.0 Å². The van der Waals surface area contributed by atoms with E-state index in [1.54, 1.807) is 25.3 Å². The van der Waals surface area contributed by atoms with Gasteiger partial charge in [0.2, 0.25) is 0 Å². The lowest BCUT2D eigenvalue weighted by Gasteiger charge is -2.41. The zero-order chi connectivity index (χ0) is 26.3. The number of pyridine rings is 2. The van der Waals surface area contributed by atoms with E-state index in [1.807, 2.05) is 18.3 Å². The lowest BCUT2D eigenvalue weighted by atomic mass is 9.71. The molecule has 1 N–H and O–H groups in total. The number of unbranched alkanes of at least 4 members (excludes halogenated alkanes) is 1. The van der Waals surface area contributed by atoms with Crippen molar-refractivity contribution in [2.45, 2.75) is 57.5 Å². The third-order valence-electron chi connectivity index (χ3n) is 7.64. The largest absolute Gasteiger partial charge is 0.497 e. The van der Waals surface area contributed by atoms with Crippen LogP contribution in [0.5, 0.6) is 5.75 Å². The van der Waals surface area contributed by atoms with Gasteiger partial charge in [-0.15, -0.1) is 0 Å². The molecule has 3 aromatic rings. The second-order valence-electron chi connectivity index (χ2n) is 10.1. The van der Waals surface area contributed by atoms with Crippen LogP contribution in [0.3, 0.4) is 0 Å². The summed E-state index contributed by atoms with van der Waals surface area (Å²) in [7, 11) is 1.56. The number of carboxylic acids is 1. The van der Waals surface area contributed by atoms with Gasteiger partial charge in [0.1, 0.15) is 11.9 Å². The normalized spacial score (nSPS) is 16.5. The zero-order valence-electron chi connectivity index (χ0n) is 21.3. The molecule has 1 atom stereocenters. The molecular formula is C29H35ClFN3O3. The van der Waals surface area contributed by atoms with Crippen molar-refractivity contribution >= 4 is 28.5 Å². The summed E-state index contributed by atoms with van der Waals surface area (Å²) < 4.78 is 21.0. The van der Waals surface area contributed by atoms with Crippen LogP contribution in [0, 0.1) is 5.41 Å². The fourth-order valence-electron chi connectivity index (χ4n) is 5.46. The number of likely N-dealkylation sites (tertiary alicyclic amines) is 1. The number of carboxylic acid groups (broad SMARTS) is 1. The van der Waals surface area contributed by atoms with Gasteiger partial charge < -0.3 is 14.7 Å². The molecule has 0 bridgehead atoms. The number of benzene rings is 1. The van der Waals surface area contributed by atoms with Crippen molar-refractivity contribution in [2.75, 3.05) is 26.7 Å². The minimum Gasteiger partial charge on any atom is -0.497 e. The number of halogens is 2. The Bertz CT molecular complexity index is 1190. The number of nitrogens with zero attached hydrogens (tertiary/aromatic N) is 3. The highest BCUT2D eigenvalue weighted by Gasteiger charge is 2.37. The number of aliphatic carboxylic acids is 1. The number of ether oxygens (including phenoxy) is 1. The molecule has 2 aromatic heterocycles. The molecular weight excluding hydrogens is 493 g/mol. The highest BCUT2D eigenvalue weighted by atomic mass is 35.5. The number of alkyl halides is 1. The molecule has 37 heavy (non-hydrogen) atoms. The summed E-state index contributed by atoms with van der Waals surface area (Å²) in [6.45, 7) is 2.66. The lowest BCUT2D eigenvalue weighted by Crippen LogP contribution is -2.41. The molecule has 1 aromatic carbocycles. The van der Waals surface area contributed by atoms with Crippen LogP contribution < -0.4 is 4.74 Å². The fourth-order valence-corrected chi connectivity index (χ4v) is 5.73. The molecule has 1 fully saturated rings. The third kappa shape index (κ3) is 7.17. The van der Waals surface area contributed by atoms with Crippen LogP contribution in [0.15, 0.2) is 48.8 Å². The Balaban J connectivity index is 1.35. The highest BCUT2D eigenvalue weighted by molar-refractivity contribution is 6.32. The summed E-state index contributed by atoms with van der Waals surface area (Å²) in [5, 5.41) is 10.6. The fraction of sp³-hybridized carbons (Fsp3) is 0.483. The average Bonchev–Trinajstić information content (AvgIpc) is 2.90. The molecule has 0 radical (unpaired) electrons. The van der Waals surface area contributed by atoms with E-state index in [4.69, 9.17) is 16.3 Å². The summed E-state index contributed by atoms with van der Waals surface area (Å²) in [4.78, 5) is 22.9. The van der Waals surface area contributed by atoms with Crippen LogP contribution in [-0.4, -0.2) is 52.7 Å². The van der Waals surface area contributed by atoms with Crippen molar-refractivity contribution in [3.63, 3.8) is 0 Å². The molecule has 0 unspecified atom stereocenters. The lowest BCUT2D eigenvalue weighted by molar-refractivity contribution is -0.141. The van der Waals surface area contributed by atoms with Gasteiger partial charge in [0, 0.05) is 29.0 Å². The van der Waals surface area contributed by atoms with E-state index in [-0.39, 0.29) is 17.9 Å². The molecule has 1 saturated heterocycles. The van der Waals surface area contributed by atoms with Crippen LogP contribution in [-0.2, 0) is 11.2 Å². The first-order chi connectivity index (χ1) is 17.9. The molecule has 0 amide bonds. The first-order valence-corrected chi connectivity index (χ1v) is 13.4. The molecule has 1 aliphatic heterocycles. The molecule has 0 aliphatic carbocycles. The molecule has 4 rings (SSSR count). The number of aryl methyl sites for hydroxylation is 1. The van der Waals surface area contributed by atoms with E-state index in [9.17, 15) is 9.90 Å². The SMILES string of the molecule is COc1ccc2ncc(Cl)c([C@H](F)CCC3(CC(=O)O)CCN(CCCCc4ccccn4)CC3)c2c1. The molecule has 1 aliphatic rings. The van der Waals surface area contributed by atoms with Gasteiger partial charge in [-0.1, -0.05) is 17.7 Å². The number of hydrogen-bond acceptors (Lipinski definition) is 5. The van der Waals surface area contributed by atoms with E-state index >= 15 is 4.39 Å². The third-order valence-corrected chi connectivity index (χ3v) is 7.94. The van der Waals surface area contributed by atoms with Crippen LogP contribution in [0.25, 0.3) is 10.9 Å². The number of rotatable bonds is 12. The van der Waals surface area contributed by atoms with Gasteiger partial charge in [-0.25, -0.2) is 4.39 Å². The molecule has 0 saturated carbocycles. The first kappa shape index (κ1) is 27.3. The summed E-state index contributed by atoms with van der Waals surface area (Å²) in [5.41, 5.74) is 1.76. The second-order valence-corrected chi connectivity index (χ2v) is 10.5. The van der Waals surface area contributed by atoms with E-state index in [0.29, 0.717) is 28.6 Å². The quantitative estimate of drug-likeness (QED) is 0.265. The Labute approximate surface area is 222 Å². The maximum absolute atomic E-state index is 15.7. The summed E-state index contributed by atoms with van der Waals surface area (Å²) in [5.74, 6) is -0.212. The van der Waals surface area contributed by atoms with Crippen molar-refractivity contribution in [3.8, 4) is 5.75 Å². The monoisotopic (exact) mass is 527 g/mol. The smallest absolute Gasteiger partial charge is 0.303 e. The first-order valence-electron chi connectivity index (χ1n) is 13.0. The van der Waals surface area contributed by atoms with Gasteiger partial charge in [0.05, 0.1) is 24.1 Å². The van der Waals surface area contributed by atoms with Crippen LogP contribution >= 0.6 is 11.6 Å². The number of hydrogen-bond donors (Lipinski definition) is 1. The van der Waals surface area contributed by atoms with Crippen molar-refractivity contribution in [1.29, 1.82) is 0 Å². The van der Waals surface area contributed by atoms with Gasteiger partial charge in [0.25, 0.3) is 0 Å². The Hall–Kier alpha value is -2.77. The summed E-state index contributed by atoms with van der Waals surface area (Å²) in [6.07, 6.45) is 7.39. The van der Waals surface area contributed by atoms with E-state index < -0.39 is 17.6 Å². The van der Waals surface area contributed by atoms with Crippen molar-refractivity contribution in [2.24, 2.45) is 5.41 Å². The number of methoxy groups -OCH3 is 1. The van der Waals surface area contributed by atoms with Gasteiger partial charge in [-0.05, 0) is 100 Å². The molecule has 198 valence electrons. The highest BCUT2D eigenvalue weighted by Crippen LogP contribution is 2.44. The Morgan fingerprint density at radius 2 is 2.03 bits per heavy atom. The maximum atomic E-state index is 15.7. The molecule has 3 heterocycles. The summed E-state index contributed by atoms with van der Waals surface area (Å²) in [6, 6.07) is 11.3. The predicted octanol–water partition coefficient (Wildman–Crippen LogP) is 6.66. The van der Waals surface area contributed by atoms with E-state index in [0.717, 1.165) is 57.4 Å². The van der Waals surface area contributed by atoms with Crippen molar-refractivity contribution in [3.05, 3.63) is 65.1 Å². The van der Waals surface area contributed by atoms with Gasteiger partial charge in [-0.2, -0.15) is 0 Å². The Kier molecular flexibility index (Phi) is 9.33. The minimum atomic E-state index is -1.32. The topological polar surface area (TPSA) is 75.6 Å². The van der Waals surface area contributed by atoms with Gasteiger partial charge in [-0.3, -0.25) is 14.8 Å². The number of piperidine rings is 1. The predicted molar refractivity (Wildman–Crippen MR) is 144 cm³/mol. The molecule has 0 spiro atoms. The average molecular weight is 528 g/mol. The summed E-state index contributed by atoms with van der Waals surface area (Å²) >= 11 is 6.40. The Morgan fingerprint density at radius 3 is 2.73 bits per heavy atom. The Morgan fingerprint density at radius 1 is 1.22 bits per heavy atom. The van der Waals surface area contributed by atoms with E-state index in [1.165, 1.54) is 6.20 Å². The minimum absolute atomic E-state index is 0.0614. The van der Waals surface area contributed by atoms with E-state index in [2.05, 4.69) is 20.9 Å². The van der Waals surface area contributed by atoms with Gasteiger partial charge >= 0.3 is 5.97 Å². The number of aromatic nitrogens is 2. The van der Waals surface area contributed by atoms with Crippen LogP contribution in [0.4, 0.5) is 4.39 Å². The maximum Gasteiger partial charge on any atom is 0.303 e. The number of carbonyl (C=O) groups is 1. The van der Waals surface area contributed by atoms with Crippen LogP contribution in [0.1, 0.15) is 62.4 Å². The van der Waals surface area contributed by atoms with Gasteiger partial charge in [0.15, 0.2) is 0 Å².